The molecule has 0 aliphatic heterocycles. The van der Waals surface area contributed by atoms with Gasteiger partial charge in [0.05, 0.1) is 5.69 Å². The molecule has 19 heavy (non-hydrogen) atoms. The van der Waals surface area contributed by atoms with Crippen molar-refractivity contribution in [3.8, 4) is 5.69 Å². The molecule has 0 aliphatic rings. The topological polar surface area (TPSA) is 74.3 Å². The van der Waals surface area contributed by atoms with Crippen LogP contribution in [0.5, 0.6) is 0 Å². The number of tetrazole rings is 1. The number of aromatic nitrogens is 4. The van der Waals surface area contributed by atoms with Crippen molar-refractivity contribution in [2.75, 3.05) is 0 Å². The van der Waals surface area contributed by atoms with Gasteiger partial charge in [-0.2, -0.15) is 9.36 Å². The fourth-order valence-corrected chi connectivity index (χ4v) is 2.00. The predicted octanol–water partition coefficient (Wildman–Crippen LogP) is 1.25. The van der Waals surface area contributed by atoms with E-state index in [1.807, 2.05) is 12.1 Å². The molecule has 1 aromatic carbocycles. The third kappa shape index (κ3) is 2.73. The van der Waals surface area contributed by atoms with Crippen LogP contribution in [-0.4, -0.2) is 26.0 Å². The molecule has 0 amide bonds. The minimum Gasteiger partial charge on any atom is -0.391 e. The van der Waals surface area contributed by atoms with Crippen LogP contribution in [0.1, 0.15) is 12.5 Å². The Morgan fingerprint density at radius 2 is 2.26 bits per heavy atom. The Kier molecular flexibility index (Phi) is 4.10. The Morgan fingerprint density at radius 3 is 2.89 bits per heavy atom. The third-order valence-electron chi connectivity index (χ3n) is 2.43. The van der Waals surface area contributed by atoms with Gasteiger partial charge in [0.1, 0.15) is 6.61 Å². The van der Waals surface area contributed by atoms with Crippen LogP contribution in [0, 0.1) is 0 Å². The van der Waals surface area contributed by atoms with Gasteiger partial charge in [-0.05, 0) is 29.5 Å². The van der Waals surface area contributed by atoms with Crippen LogP contribution in [0.3, 0.4) is 0 Å². The second kappa shape index (κ2) is 5.79. The summed E-state index contributed by atoms with van der Waals surface area (Å²) in [5, 5.41) is 11.2. The zero-order valence-electron chi connectivity index (χ0n) is 10.4. The predicted molar refractivity (Wildman–Crippen MR) is 73.3 cm³/mol. The van der Waals surface area contributed by atoms with Crippen molar-refractivity contribution >= 4 is 22.1 Å². The van der Waals surface area contributed by atoms with Crippen LogP contribution >= 0.6 is 15.9 Å². The van der Waals surface area contributed by atoms with Crippen LogP contribution in [0.2, 0.25) is 0 Å². The average molecular weight is 326 g/mol. The van der Waals surface area contributed by atoms with E-state index < -0.39 is 0 Å². The minimum atomic E-state index is -0.321. The summed E-state index contributed by atoms with van der Waals surface area (Å²) in [4.78, 5) is 17.0. The van der Waals surface area contributed by atoms with Gasteiger partial charge in [-0.25, -0.2) is 4.79 Å². The number of hydrogen-bond acceptors (Lipinski definition) is 5. The van der Waals surface area contributed by atoms with E-state index in [1.54, 1.807) is 26.3 Å². The molecule has 2 rings (SSSR count). The van der Waals surface area contributed by atoms with Gasteiger partial charge >= 0.3 is 5.69 Å². The zero-order chi connectivity index (χ0) is 13.8. The molecule has 0 atom stereocenters. The molecule has 8 heteroatoms. The van der Waals surface area contributed by atoms with Crippen molar-refractivity contribution in [1.82, 2.24) is 19.8 Å². The normalized spacial score (nSPS) is 11.1. The molecule has 0 spiro atoms. The first-order valence-electron chi connectivity index (χ1n) is 5.52. The fraction of sp³-hybridized carbons (Fsp3) is 0.273. The second-order valence-corrected chi connectivity index (χ2v) is 4.53. The maximum Gasteiger partial charge on any atom is 0.368 e. The number of halogens is 1. The molecular weight excluding hydrogens is 314 g/mol. The third-order valence-corrected chi connectivity index (χ3v) is 3.18. The number of aryl methyl sites for hydroxylation is 1. The molecule has 0 bridgehead atoms. The quantitative estimate of drug-likeness (QED) is 0.626. The highest BCUT2D eigenvalue weighted by Gasteiger charge is 2.13. The van der Waals surface area contributed by atoms with E-state index in [1.165, 1.54) is 4.68 Å². The van der Waals surface area contributed by atoms with Gasteiger partial charge in [0.15, 0.2) is 0 Å². The van der Waals surface area contributed by atoms with Crippen LogP contribution in [-0.2, 0) is 18.5 Å². The van der Waals surface area contributed by atoms with Crippen LogP contribution in [0.4, 0.5) is 0 Å². The average Bonchev–Trinajstić information content (AvgIpc) is 2.72. The molecule has 0 saturated carbocycles. The molecule has 1 aromatic heterocycles. The lowest BCUT2D eigenvalue weighted by molar-refractivity contribution is 0.131. The molecule has 0 N–H and O–H groups in total. The van der Waals surface area contributed by atoms with Crippen molar-refractivity contribution in [3.63, 3.8) is 0 Å². The maximum atomic E-state index is 11.9. The second-order valence-electron chi connectivity index (χ2n) is 3.67. The van der Waals surface area contributed by atoms with Crippen LogP contribution in [0.25, 0.3) is 5.69 Å². The maximum absolute atomic E-state index is 11.9. The summed E-state index contributed by atoms with van der Waals surface area (Å²) in [5.74, 6) is 0. The first-order valence-corrected chi connectivity index (χ1v) is 6.31. The van der Waals surface area contributed by atoms with Crippen molar-refractivity contribution in [3.05, 3.63) is 38.7 Å². The lowest BCUT2D eigenvalue weighted by Crippen LogP contribution is -2.23. The number of hydrogen-bond donors (Lipinski definition) is 0. The standard InChI is InChI=1S/C11H12BrN5O2/c1-3-13-19-7-8-9(12)5-4-6-10(8)17-11(18)16(2)14-15-17/h3-6H,7H2,1-2H3. The molecular formula is C11H12BrN5O2. The lowest BCUT2D eigenvalue weighted by Gasteiger charge is -2.08. The highest BCUT2D eigenvalue weighted by molar-refractivity contribution is 9.10. The van der Waals surface area contributed by atoms with E-state index in [2.05, 4.69) is 31.5 Å². The molecule has 0 saturated heterocycles. The first kappa shape index (κ1) is 13.5. The summed E-state index contributed by atoms with van der Waals surface area (Å²) in [6.45, 7) is 1.98. The van der Waals surface area contributed by atoms with E-state index in [0.29, 0.717) is 5.69 Å². The van der Waals surface area contributed by atoms with E-state index in [4.69, 9.17) is 4.84 Å². The molecule has 100 valence electrons. The summed E-state index contributed by atoms with van der Waals surface area (Å²) < 4.78 is 3.20. The summed E-state index contributed by atoms with van der Waals surface area (Å²) >= 11 is 3.43. The van der Waals surface area contributed by atoms with Gasteiger partial charge in [-0.15, -0.1) is 0 Å². The van der Waals surface area contributed by atoms with Gasteiger partial charge < -0.3 is 4.84 Å². The van der Waals surface area contributed by atoms with Gasteiger partial charge in [-0.1, -0.05) is 27.2 Å². The minimum absolute atomic E-state index is 0.226. The Balaban J connectivity index is 2.48. The van der Waals surface area contributed by atoms with Crippen LogP contribution < -0.4 is 5.69 Å². The van der Waals surface area contributed by atoms with Crippen LogP contribution in [0.15, 0.2) is 32.6 Å². The van der Waals surface area contributed by atoms with Gasteiger partial charge in [0.2, 0.25) is 0 Å². The molecule has 0 aliphatic carbocycles. The fourth-order valence-electron chi connectivity index (χ4n) is 1.53. The molecule has 1 heterocycles. The highest BCUT2D eigenvalue weighted by atomic mass is 79.9. The van der Waals surface area contributed by atoms with Gasteiger partial charge in [-0.3, -0.25) is 0 Å². The molecule has 0 radical (unpaired) electrons. The Hall–Kier alpha value is -1.96. The zero-order valence-corrected chi connectivity index (χ0v) is 12.0. The van der Waals surface area contributed by atoms with Crippen molar-refractivity contribution in [2.45, 2.75) is 13.5 Å². The Bertz CT molecular complexity index is 661. The lowest BCUT2D eigenvalue weighted by atomic mass is 10.2. The summed E-state index contributed by atoms with van der Waals surface area (Å²) in [5.41, 5.74) is 1.06. The summed E-state index contributed by atoms with van der Waals surface area (Å²) in [6, 6.07) is 5.45. The Labute approximate surface area is 117 Å². The number of oxime groups is 1. The van der Waals surface area contributed by atoms with Crippen molar-refractivity contribution < 1.29 is 4.84 Å². The smallest absolute Gasteiger partial charge is 0.368 e. The summed E-state index contributed by atoms with van der Waals surface area (Å²) in [6.07, 6.45) is 1.55. The molecule has 7 nitrogen and oxygen atoms in total. The number of nitrogens with zero attached hydrogens (tertiary/aromatic N) is 5. The van der Waals surface area contributed by atoms with Crippen molar-refractivity contribution in [2.24, 2.45) is 12.2 Å². The molecule has 0 fully saturated rings. The van der Waals surface area contributed by atoms with Gasteiger partial charge in [0, 0.05) is 23.3 Å². The van der Waals surface area contributed by atoms with E-state index in [0.717, 1.165) is 14.7 Å². The van der Waals surface area contributed by atoms with E-state index >= 15 is 0 Å². The van der Waals surface area contributed by atoms with E-state index in [-0.39, 0.29) is 12.3 Å². The Morgan fingerprint density at radius 1 is 1.47 bits per heavy atom. The summed E-state index contributed by atoms with van der Waals surface area (Å²) in [7, 11) is 1.54. The largest absolute Gasteiger partial charge is 0.391 e. The van der Waals surface area contributed by atoms with Gasteiger partial charge in [0.25, 0.3) is 0 Å². The first-order chi connectivity index (χ1) is 9.15. The number of benzene rings is 1. The molecule has 2 aromatic rings. The van der Waals surface area contributed by atoms with Crippen molar-refractivity contribution in [1.29, 1.82) is 0 Å². The molecule has 0 unspecified atom stereocenters. The highest BCUT2D eigenvalue weighted by Crippen LogP contribution is 2.23. The monoisotopic (exact) mass is 325 g/mol. The van der Waals surface area contributed by atoms with E-state index in [9.17, 15) is 4.79 Å². The number of rotatable bonds is 4. The SMILES string of the molecule is CC=NOCc1c(Br)cccc1-n1nnn(C)c1=O.